The average molecular weight is 181 g/mol. The minimum absolute atomic E-state index is 0.589. The van der Waals surface area contributed by atoms with Gasteiger partial charge in [-0.1, -0.05) is 24.3 Å². The largest absolute Gasteiger partial charge is 0.282 e. The van der Waals surface area contributed by atoms with Crippen LogP contribution in [0.3, 0.4) is 0 Å². The molecule has 0 N–H and O–H groups in total. The molecular formula is C11H7N3. The molecule has 0 saturated heterocycles. The Bertz CT molecular complexity index is 460. The lowest BCUT2D eigenvalue weighted by Gasteiger charge is -2.01. The van der Waals surface area contributed by atoms with Crippen LogP contribution in [0.25, 0.3) is 0 Å². The quantitative estimate of drug-likeness (QED) is 0.661. The summed E-state index contributed by atoms with van der Waals surface area (Å²) in [6.07, 6.45) is 0. The van der Waals surface area contributed by atoms with Gasteiger partial charge in [-0.2, -0.15) is 10.5 Å². The lowest BCUT2D eigenvalue weighted by Crippen LogP contribution is -2.10. The SMILES string of the molecule is N#CC(C#N)C1=NCc2ccccc21. The molecular weight excluding hydrogens is 174 g/mol. The molecule has 66 valence electrons. The van der Waals surface area contributed by atoms with Crippen LogP contribution in [0.5, 0.6) is 0 Å². The molecule has 0 saturated carbocycles. The van der Waals surface area contributed by atoms with E-state index >= 15 is 0 Å². The molecule has 0 amide bonds. The number of nitriles is 2. The molecule has 1 aliphatic heterocycles. The Hall–Kier alpha value is -2.13. The van der Waals surface area contributed by atoms with E-state index in [1.54, 1.807) is 0 Å². The van der Waals surface area contributed by atoms with Crippen molar-refractivity contribution in [1.29, 1.82) is 10.5 Å². The summed E-state index contributed by atoms with van der Waals surface area (Å²) in [5.41, 5.74) is 2.66. The normalized spacial score (nSPS) is 12.9. The monoisotopic (exact) mass is 181 g/mol. The maximum absolute atomic E-state index is 8.76. The molecule has 0 aliphatic carbocycles. The van der Waals surface area contributed by atoms with Gasteiger partial charge in [0.2, 0.25) is 0 Å². The van der Waals surface area contributed by atoms with Crippen LogP contribution >= 0.6 is 0 Å². The first kappa shape index (κ1) is 8.47. The standard InChI is InChI=1S/C11H7N3/c12-5-9(6-13)11-10-4-2-1-3-8(10)7-14-11/h1-4,9H,7H2. The van der Waals surface area contributed by atoms with Crippen molar-refractivity contribution in [3.8, 4) is 12.1 Å². The fourth-order valence-corrected chi connectivity index (χ4v) is 1.56. The van der Waals surface area contributed by atoms with Crippen LogP contribution in [0.2, 0.25) is 0 Å². The summed E-state index contributed by atoms with van der Waals surface area (Å²) in [7, 11) is 0. The summed E-state index contributed by atoms with van der Waals surface area (Å²) in [6, 6.07) is 11.6. The first-order valence-electron chi connectivity index (χ1n) is 4.28. The summed E-state index contributed by atoms with van der Waals surface area (Å²) >= 11 is 0. The predicted octanol–water partition coefficient (Wildman–Crippen LogP) is 1.65. The summed E-state index contributed by atoms with van der Waals surface area (Å²) in [5, 5.41) is 17.5. The van der Waals surface area contributed by atoms with Gasteiger partial charge < -0.3 is 0 Å². The number of aliphatic imine (C=N–C) groups is 1. The second-order valence-electron chi connectivity index (χ2n) is 3.05. The van der Waals surface area contributed by atoms with Gasteiger partial charge in [-0.15, -0.1) is 0 Å². The second kappa shape index (κ2) is 3.32. The highest BCUT2D eigenvalue weighted by atomic mass is 14.8. The molecule has 1 aromatic rings. The highest BCUT2D eigenvalue weighted by Gasteiger charge is 2.22. The van der Waals surface area contributed by atoms with Crippen LogP contribution in [0.15, 0.2) is 29.3 Å². The Balaban J connectivity index is 2.44. The Kier molecular flexibility index (Phi) is 2.01. The van der Waals surface area contributed by atoms with E-state index in [0.29, 0.717) is 12.3 Å². The van der Waals surface area contributed by atoms with Gasteiger partial charge in [0.1, 0.15) is 0 Å². The van der Waals surface area contributed by atoms with Crippen molar-refractivity contribution < 1.29 is 0 Å². The first-order chi connectivity index (χ1) is 6.86. The smallest absolute Gasteiger partial charge is 0.175 e. The summed E-state index contributed by atoms with van der Waals surface area (Å²) in [6.45, 7) is 0.589. The minimum Gasteiger partial charge on any atom is -0.282 e. The number of hydrogen-bond donors (Lipinski definition) is 0. The third kappa shape index (κ3) is 1.16. The van der Waals surface area contributed by atoms with Gasteiger partial charge in [0.25, 0.3) is 0 Å². The number of hydrogen-bond acceptors (Lipinski definition) is 3. The van der Waals surface area contributed by atoms with E-state index < -0.39 is 5.92 Å². The second-order valence-corrected chi connectivity index (χ2v) is 3.05. The number of fused-ring (bicyclic) bond motifs is 1. The van der Waals surface area contributed by atoms with Gasteiger partial charge in [0.15, 0.2) is 5.92 Å². The van der Waals surface area contributed by atoms with Crippen molar-refractivity contribution >= 4 is 5.71 Å². The average Bonchev–Trinajstić information content (AvgIpc) is 2.65. The number of rotatable bonds is 1. The lowest BCUT2D eigenvalue weighted by atomic mass is 9.98. The topological polar surface area (TPSA) is 59.9 Å². The van der Waals surface area contributed by atoms with Crippen LogP contribution in [0.4, 0.5) is 0 Å². The molecule has 0 aromatic heterocycles. The van der Waals surface area contributed by atoms with E-state index in [9.17, 15) is 0 Å². The van der Waals surface area contributed by atoms with E-state index in [1.807, 2.05) is 36.4 Å². The Morgan fingerprint density at radius 3 is 2.64 bits per heavy atom. The van der Waals surface area contributed by atoms with Crippen molar-refractivity contribution in [2.45, 2.75) is 6.54 Å². The van der Waals surface area contributed by atoms with Crippen LogP contribution < -0.4 is 0 Å². The van der Waals surface area contributed by atoms with Crippen LogP contribution in [-0.2, 0) is 6.54 Å². The third-order valence-corrected chi connectivity index (χ3v) is 2.24. The minimum atomic E-state index is -0.737. The molecule has 2 rings (SSSR count). The highest BCUT2D eigenvalue weighted by molar-refractivity contribution is 6.07. The zero-order chi connectivity index (χ0) is 9.97. The Morgan fingerprint density at radius 2 is 1.93 bits per heavy atom. The molecule has 3 heteroatoms. The van der Waals surface area contributed by atoms with Gasteiger partial charge in [-0.05, 0) is 5.56 Å². The molecule has 0 radical (unpaired) electrons. The van der Waals surface area contributed by atoms with Crippen molar-refractivity contribution in [3.63, 3.8) is 0 Å². The molecule has 1 heterocycles. The molecule has 0 fully saturated rings. The Morgan fingerprint density at radius 1 is 1.21 bits per heavy atom. The molecule has 0 unspecified atom stereocenters. The van der Waals surface area contributed by atoms with E-state index in [2.05, 4.69) is 4.99 Å². The van der Waals surface area contributed by atoms with Crippen LogP contribution in [-0.4, -0.2) is 5.71 Å². The van der Waals surface area contributed by atoms with Gasteiger partial charge in [-0.25, -0.2) is 0 Å². The van der Waals surface area contributed by atoms with Crippen LogP contribution in [0.1, 0.15) is 11.1 Å². The summed E-state index contributed by atoms with van der Waals surface area (Å²) in [4.78, 5) is 4.22. The van der Waals surface area contributed by atoms with Gasteiger partial charge in [0.05, 0.1) is 24.4 Å². The third-order valence-electron chi connectivity index (χ3n) is 2.24. The maximum Gasteiger partial charge on any atom is 0.175 e. The number of nitrogens with zero attached hydrogens (tertiary/aromatic N) is 3. The van der Waals surface area contributed by atoms with Gasteiger partial charge in [0, 0.05) is 5.56 Å². The molecule has 3 nitrogen and oxygen atoms in total. The number of benzene rings is 1. The molecule has 0 spiro atoms. The molecule has 0 bridgehead atoms. The molecule has 0 atom stereocenters. The van der Waals surface area contributed by atoms with Crippen molar-refractivity contribution in [2.75, 3.05) is 0 Å². The van der Waals surface area contributed by atoms with Gasteiger partial charge in [-0.3, -0.25) is 4.99 Å². The highest BCUT2D eigenvalue weighted by Crippen LogP contribution is 2.22. The summed E-state index contributed by atoms with van der Waals surface area (Å²) < 4.78 is 0. The predicted molar refractivity (Wildman–Crippen MR) is 51.4 cm³/mol. The van der Waals surface area contributed by atoms with Crippen molar-refractivity contribution in [3.05, 3.63) is 35.4 Å². The van der Waals surface area contributed by atoms with Crippen molar-refractivity contribution in [1.82, 2.24) is 0 Å². The van der Waals surface area contributed by atoms with Crippen molar-refractivity contribution in [2.24, 2.45) is 10.9 Å². The first-order valence-corrected chi connectivity index (χ1v) is 4.28. The Labute approximate surface area is 81.9 Å². The van der Waals surface area contributed by atoms with Crippen LogP contribution in [0, 0.1) is 28.6 Å². The molecule has 1 aliphatic rings. The maximum atomic E-state index is 8.76. The molecule has 1 aromatic carbocycles. The van der Waals surface area contributed by atoms with E-state index in [4.69, 9.17) is 10.5 Å². The summed E-state index contributed by atoms with van der Waals surface area (Å²) in [5.74, 6) is -0.737. The van der Waals surface area contributed by atoms with E-state index in [0.717, 1.165) is 11.1 Å². The zero-order valence-electron chi connectivity index (χ0n) is 7.44. The van der Waals surface area contributed by atoms with Gasteiger partial charge >= 0.3 is 0 Å². The fourth-order valence-electron chi connectivity index (χ4n) is 1.56. The van der Waals surface area contributed by atoms with E-state index in [1.165, 1.54) is 0 Å². The molecule has 14 heavy (non-hydrogen) atoms. The fraction of sp³-hybridized carbons (Fsp3) is 0.182. The zero-order valence-corrected chi connectivity index (χ0v) is 7.44. The van der Waals surface area contributed by atoms with E-state index in [-0.39, 0.29) is 0 Å². The lowest BCUT2D eigenvalue weighted by molar-refractivity contribution is 1.08.